The molecule has 4 nitrogen and oxygen atoms in total. The zero-order chi connectivity index (χ0) is 11.8. The van der Waals surface area contributed by atoms with Gasteiger partial charge in [0.05, 0.1) is 5.92 Å². The average molecular weight is 250 g/mol. The molecule has 2 aromatic rings. The summed E-state index contributed by atoms with van der Waals surface area (Å²) in [6.45, 7) is 1.64. The Kier molecular flexibility index (Phi) is 2.72. The highest BCUT2D eigenvalue weighted by molar-refractivity contribution is 7.10. The molecule has 5 heteroatoms. The van der Waals surface area contributed by atoms with Crippen molar-refractivity contribution in [3.63, 3.8) is 0 Å². The fourth-order valence-corrected chi connectivity index (χ4v) is 3.29. The van der Waals surface area contributed by atoms with Crippen LogP contribution < -0.4 is 0 Å². The normalized spacial score (nSPS) is 21.2. The van der Waals surface area contributed by atoms with Crippen LogP contribution in [0.5, 0.6) is 0 Å². The van der Waals surface area contributed by atoms with Crippen LogP contribution in [0.1, 0.15) is 53.9 Å². The lowest BCUT2D eigenvalue weighted by Gasteiger charge is -2.18. The monoisotopic (exact) mass is 250 g/mol. The van der Waals surface area contributed by atoms with Crippen LogP contribution in [-0.2, 0) is 6.42 Å². The van der Waals surface area contributed by atoms with E-state index in [1.54, 1.807) is 18.3 Å². The predicted molar refractivity (Wildman–Crippen MR) is 64.0 cm³/mol. The predicted octanol–water partition coefficient (Wildman–Crippen LogP) is 2.65. The van der Waals surface area contributed by atoms with Crippen LogP contribution in [0.4, 0.5) is 0 Å². The Hall–Kier alpha value is -1.20. The maximum Gasteiger partial charge on any atom is 0.234 e. The zero-order valence-corrected chi connectivity index (χ0v) is 10.4. The number of aliphatic hydroxyl groups excluding tert-OH is 1. The van der Waals surface area contributed by atoms with Gasteiger partial charge in [-0.3, -0.25) is 0 Å². The lowest BCUT2D eigenvalue weighted by atomic mass is 9.88. The van der Waals surface area contributed by atoms with Crippen molar-refractivity contribution in [2.45, 2.75) is 38.2 Å². The molecule has 0 radical (unpaired) electrons. The largest absolute Gasteiger partial charge is 0.385 e. The highest BCUT2D eigenvalue weighted by Gasteiger charge is 2.27. The number of aliphatic hydroxyl groups is 1. The molecule has 2 aromatic heterocycles. The van der Waals surface area contributed by atoms with Gasteiger partial charge in [-0.1, -0.05) is 5.16 Å². The van der Waals surface area contributed by atoms with E-state index in [4.69, 9.17) is 4.52 Å². The maximum absolute atomic E-state index is 9.41. The molecule has 0 amide bonds. The first-order chi connectivity index (χ1) is 8.25. The quantitative estimate of drug-likeness (QED) is 0.890. The number of hydrogen-bond donors (Lipinski definition) is 1. The first kappa shape index (κ1) is 10.9. The SMILES string of the molecule is CC(O)c1noc(C2CCCc3sccc32)n1. The third-order valence-corrected chi connectivity index (χ3v) is 4.18. The Labute approximate surface area is 103 Å². The summed E-state index contributed by atoms with van der Waals surface area (Å²) in [4.78, 5) is 5.72. The number of thiophene rings is 1. The van der Waals surface area contributed by atoms with Gasteiger partial charge in [-0.2, -0.15) is 4.98 Å². The van der Waals surface area contributed by atoms with Gasteiger partial charge >= 0.3 is 0 Å². The Morgan fingerprint density at radius 1 is 1.59 bits per heavy atom. The van der Waals surface area contributed by atoms with Crippen molar-refractivity contribution in [2.75, 3.05) is 0 Å². The number of rotatable bonds is 2. The van der Waals surface area contributed by atoms with E-state index in [9.17, 15) is 5.11 Å². The van der Waals surface area contributed by atoms with E-state index in [2.05, 4.69) is 21.6 Å². The topological polar surface area (TPSA) is 59.2 Å². The first-order valence-electron chi connectivity index (χ1n) is 5.83. The Balaban J connectivity index is 1.95. The molecule has 0 saturated carbocycles. The molecule has 0 aromatic carbocycles. The molecular weight excluding hydrogens is 236 g/mol. The van der Waals surface area contributed by atoms with E-state index in [0.29, 0.717) is 11.7 Å². The number of aromatic nitrogens is 2. The van der Waals surface area contributed by atoms with Gasteiger partial charge in [0.2, 0.25) is 5.89 Å². The zero-order valence-electron chi connectivity index (χ0n) is 9.59. The van der Waals surface area contributed by atoms with E-state index >= 15 is 0 Å². The second kappa shape index (κ2) is 4.23. The molecule has 2 atom stereocenters. The van der Waals surface area contributed by atoms with Crippen molar-refractivity contribution in [1.29, 1.82) is 0 Å². The lowest BCUT2D eigenvalue weighted by Crippen LogP contribution is -2.09. The van der Waals surface area contributed by atoms with Crippen molar-refractivity contribution in [3.8, 4) is 0 Å². The van der Waals surface area contributed by atoms with Crippen molar-refractivity contribution in [1.82, 2.24) is 10.1 Å². The summed E-state index contributed by atoms with van der Waals surface area (Å²) < 4.78 is 5.28. The second-order valence-corrected chi connectivity index (χ2v) is 5.41. The van der Waals surface area contributed by atoms with E-state index in [-0.39, 0.29) is 5.92 Å². The molecule has 0 fully saturated rings. The number of fused-ring (bicyclic) bond motifs is 1. The molecule has 2 unspecified atom stereocenters. The molecule has 2 heterocycles. The molecule has 1 N–H and O–H groups in total. The van der Waals surface area contributed by atoms with Crippen LogP contribution in [0.25, 0.3) is 0 Å². The van der Waals surface area contributed by atoms with Crippen LogP contribution in [0.15, 0.2) is 16.0 Å². The lowest BCUT2D eigenvalue weighted by molar-refractivity contribution is 0.184. The van der Waals surface area contributed by atoms with Gasteiger partial charge in [-0.25, -0.2) is 0 Å². The standard InChI is InChI=1S/C12H14N2O2S/c1-7(15)11-13-12(16-14-11)9-3-2-4-10-8(9)5-6-17-10/h5-7,9,15H,2-4H2,1H3. The minimum atomic E-state index is -0.668. The van der Waals surface area contributed by atoms with Gasteiger partial charge in [0.1, 0.15) is 6.10 Å². The maximum atomic E-state index is 9.41. The highest BCUT2D eigenvalue weighted by atomic mass is 32.1. The number of hydrogen-bond acceptors (Lipinski definition) is 5. The Morgan fingerprint density at radius 2 is 2.47 bits per heavy atom. The molecule has 0 saturated heterocycles. The number of nitrogens with zero attached hydrogens (tertiary/aromatic N) is 2. The van der Waals surface area contributed by atoms with Crippen LogP contribution >= 0.6 is 11.3 Å². The van der Waals surface area contributed by atoms with Gasteiger partial charge in [0.25, 0.3) is 0 Å². The van der Waals surface area contributed by atoms with E-state index in [1.807, 2.05) is 0 Å². The fourth-order valence-electron chi connectivity index (χ4n) is 2.30. The summed E-state index contributed by atoms with van der Waals surface area (Å²) in [6.07, 6.45) is 2.69. The van der Waals surface area contributed by atoms with Crippen LogP contribution in [0.3, 0.4) is 0 Å². The molecule has 3 rings (SSSR count). The Bertz CT molecular complexity index is 518. The van der Waals surface area contributed by atoms with Crippen molar-refractivity contribution in [2.24, 2.45) is 0 Å². The summed E-state index contributed by atoms with van der Waals surface area (Å²) in [5, 5.41) is 15.3. The van der Waals surface area contributed by atoms with E-state index in [1.165, 1.54) is 10.4 Å². The molecule has 0 aliphatic heterocycles. The van der Waals surface area contributed by atoms with Crippen LogP contribution in [-0.4, -0.2) is 15.2 Å². The molecule has 1 aliphatic carbocycles. The summed E-state index contributed by atoms with van der Waals surface area (Å²) >= 11 is 1.80. The van der Waals surface area contributed by atoms with Crippen molar-refractivity contribution >= 4 is 11.3 Å². The fraction of sp³-hybridized carbons (Fsp3) is 0.500. The smallest absolute Gasteiger partial charge is 0.234 e. The first-order valence-corrected chi connectivity index (χ1v) is 6.71. The summed E-state index contributed by atoms with van der Waals surface area (Å²) in [6, 6.07) is 2.15. The van der Waals surface area contributed by atoms with Crippen LogP contribution in [0.2, 0.25) is 0 Å². The van der Waals surface area contributed by atoms with Gasteiger partial charge in [0.15, 0.2) is 5.82 Å². The Morgan fingerprint density at radius 3 is 3.24 bits per heavy atom. The molecular formula is C12H14N2O2S. The third-order valence-electron chi connectivity index (χ3n) is 3.18. The molecule has 0 bridgehead atoms. The van der Waals surface area contributed by atoms with Gasteiger partial charge in [0, 0.05) is 4.88 Å². The van der Waals surface area contributed by atoms with Crippen molar-refractivity contribution in [3.05, 3.63) is 33.6 Å². The third kappa shape index (κ3) is 1.89. The van der Waals surface area contributed by atoms with Gasteiger partial charge in [-0.05, 0) is 43.2 Å². The second-order valence-electron chi connectivity index (χ2n) is 4.41. The molecule has 17 heavy (non-hydrogen) atoms. The highest BCUT2D eigenvalue weighted by Crippen LogP contribution is 2.38. The molecule has 0 spiro atoms. The minimum Gasteiger partial charge on any atom is -0.385 e. The molecule has 90 valence electrons. The van der Waals surface area contributed by atoms with E-state index in [0.717, 1.165) is 19.3 Å². The van der Waals surface area contributed by atoms with Crippen molar-refractivity contribution < 1.29 is 9.63 Å². The van der Waals surface area contributed by atoms with Gasteiger partial charge < -0.3 is 9.63 Å². The van der Waals surface area contributed by atoms with E-state index < -0.39 is 6.10 Å². The van der Waals surface area contributed by atoms with Gasteiger partial charge in [-0.15, -0.1) is 11.3 Å². The molecule has 1 aliphatic rings. The minimum absolute atomic E-state index is 0.213. The average Bonchev–Trinajstić information content (AvgIpc) is 2.97. The number of aryl methyl sites for hydroxylation is 1. The summed E-state index contributed by atoms with van der Waals surface area (Å²) in [5.41, 5.74) is 1.32. The summed E-state index contributed by atoms with van der Waals surface area (Å²) in [7, 11) is 0. The van der Waals surface area contributed by atoms with Crippen LogP contribution in [0, 0.1) is 0 Å². The summed E-state index contributed by atoms with van der Waals surface area (Å²) in [5.74, 6) is 1.23.